The van der Waals surface area contributed by atoms with Crippen molar-refractivity contribution in [1.82, 2.24) is 0 Å². The van der Waals surface area contributed by atoms with Gasteiger partial charge in [0.05, 0.1) is 0 Å². The number of carbonyl (C=O) groups is 1. The van der Waals surface area contributed by atoms with Crippen LogP contribution in [0.5, 0.6) is 0 Å². The first-order valence-corrected chi connectivity index (χ1v) is 4.59. The summed E-state index contributed by atoms with van der Waals surface area (Å²) in [5, 5.41) is 8.81. The first-order chi connectivity index (χ1) is 5.56. The molecule has 0 radical (unpaired) electrons. The van der Waals surface area contributed by atoms with Gasteiger partial charge in [0.15, 0.2) is 0 Å². The van der Waals surface area contributed by atoms with E-state index in [1.54, 1.807) is 0 Å². The number of carboxylic acid groups (broad SMARTS) is 1. The lowest BCUT2D eigenvalue weighted by molar-refractivity contribution is -0.143. The second-order valence-corrected chi connectivity index (χ2v) is 3.27. The first-order valence-electron chi connectivity index (χ1n) is 4.59. The van der Waals surface area contributed by atoms with Crippen LogP contribution in [0, 0.1) is 0 Å². The molecule has 0 aliphatic carbocycles. The quantitative estimate of drug-likeness (QED) is 0.601. The van der Waals surface area contributed by atoms with Gasteiger partial charge in [0.25, 0.3) is 0 Å². The standard InChI is InChI=1S/C9H19NO2/c1-3-5-6-7-9(10,4-2)8(11)12/h3-7,10H2,1-2H3,(H,11,12)/t9-/m0/s1. The van der Waals surface area contributed by atoms with E-state index in [0.717, 1.165) is 19.3 Å². The van der Waals surface area contributed by atoms with E-state index in [4.69, 9.17) is 10.8 Å². The Morgan fingerprint density at radius 3 is 2.33 bits per heavy atom. The Hall–Kier alpha value is -0.570. The molecule has 72 valence electrons. The van der Waals surface area contributed by atoms with Crippen molar-refractivity contribution in [3.63, 3.8) is 0 Å². The minimum Gasteiger partial charge on any atom is -0.480 e. The molecule has 0 aromatic rings. The van der Waals surface area contributed by atoms with Gasteiger partial charge in [0.2, 0.25) is 0 Å². The molecular formula is C9H19NO2. The highest BCUT2D eigenvalue weighted by molar-refractivity contribution is 5.78. The van der Waals surface area contributed by atoms with Gasteiger partial charge in [0, 0.05) is 0 Å². The normalized spacial score (nSPS) is 15.6. The molecule has 0 bridgehead atoms. The first kappa shape index (κ1) is 11.4. The molecule has 0 fully saturated rings. The van der Waals surface area contributed by atoms with Crippen molar-refractivity contribution >= 4 is 5.97 Å². The zero-order valence-corrected chi connectivity index (χ0v) is 7.97. The lowest BCUT2D eigenvalue weighted by Gasteiger charge is -2.22. The third kappa shape index (κ3) is 3.22. The highest BCUT2D eigenvalue weighted by Crippen LogP contribution is 2.16. The Morgan fingerprint density at radius 2 is 2.00 bits per heavy atom. The summed E-state index contributed by atoms with van der Waals surface area (Å²) in [4.78, 5) is 10.7. The van der Waals surface area contributed by atoms with Crippen molar-refractivity contribution in [2.75, 3.05) is 0 Å². The van der Waals surface area contributed by atoms with Crippen LogP contribution in [0.2, 0.25) is 0 Å². The third-order valence-corrected chi connectivity index (χ3v) is 2.28. The van der Waals surface area contributed by atoms with Gasteiger partial charge in [-0.05, 0) is 12.8 Å². The Labute approximate surface area is 74.0 Å². The van der Waals surface area contributed by atoms with Gasteiger partial charge in [-0.15, -0.1) is 0 Å². The van der Waals surface area contributed by atoms with E-state index in [0.29, 0.717) is 12.8 Å². The fourth-order valence-corrected chi connectivity index (χ4v) is 1.13. The fourth-order valence-electron chi connectivity index (χ4n) is 1.13. The fraction of sp³-hybridized carbons (Fsp3) is 0.889. The number of aliphatic carboxylic acids is 1. The summed E-state index contributed by atoms with van der Waals surface area (Å²) in [7, 11) is 0. The average Bonchev–Trinajstić information content (AvgIpc) is 2.04. The van der Waals surface area contributed by atoms with Crippen LogP contribution in [-0.2, 0) is 4.79 Å². The Kier molecular flexibility index (Phi) is 4.90. The molecular weight excluding hydrogens is 154 g/mol. The molecule has 3 nitrogen and oxygen atoms in total. The van der Waals surface area contributed by atoms with Crippen LogP contribution in [0.3, 0.4) is 0 Å². The lowest BCUT2D eigenvalue weighted by Crippen LogP contribution is -2.47. The van der Waals surface area contributed by atoms with Crippen molar-refractivity contribution in [3.8, 4) is 0 Å². The van der Waals surface area contributed by atoms with E-state index in [1.807, 2.05) is 6.92 Å². The molecule has 0 unspecified atom stereocenters. The number of carboxylic acids is 1. The van der Waals surface area contributed by atoms with E-state index >= 15 is 0 Å². The zero-order chi connectivity index (χ0) is 9.61. The average molecular weight is 173 g/mol. The summed E-state index contributed by atoms with van der Waals surface area (Å²) >= 11 is 0. The predicted molar refractivity (Wildman–Crippen MR) is 49.0 cm³/mol. The monoisotopic (exact) mass is 173 g/mol. The summed E-state index contributed by atoms with van der Waals surface area (Å²) in [6.45, 7) is 3.91. The van der Waals surface area contributed by atoms with Crippen LogP contribution in [0.25, 0.3) is 0 Å². The SMILES string of the molecule is CCCCC[C@@](N)(CC)C(=O)O. The van der Waals surface area contributed by atoms with Crippen LogP contribution in [-0.4, -0.2) is 16.6 Å². The zero-order valence-electron chi connectivity index (χ0n) is 7.97. The van der Waals surface area contributed by atoms with Gasteiger partial charge in [-0.25, -0.2) is 0 Å². The molecule has 0 spiro atoms. The van der Waals surface area contributed by atoms with E-state index in [-0.39, 0.29) is 0 Å². The van der Waals surface area contributed by atoms with E-state index in [1.165, 1.54) is 0 Å². The Morgan fingerprint density at radius 1 is 1.42 bits per heavy atom. The summed E-state index contributed by atoms with van der Waals surface area (Å²) < 4.78 is 0. The second kappa shape index (κ2) is 5.14. The van der Waals surface area contributed by atoms with Gasteiger partial charge in [-0.3, -0.25) is 4.79 Å². The third-order valence-electron chi connectivity index (χ3n) is 2.28. The summed E-state index contributed by atoms with van der Waals surface area (Å²) in [5.74, 6) is -0.874. The maximum Gasteiger partial charge on any atom is 0.323 e. The molecule has 0 saturated carbocycles. The number of hydrogen-bond donors (Lipinski definition) is 2. The van der Waals surface area contributed by atoms with Crippen LogP contribution in [0.15, 0.2) is 0 Å². The summed E-state index contributed by atoms with van der Waals surface area (Å²) in [6.07, 6.45) is 4.16. The molecule has 0 aromatic carbocycles. The van der Waals surface area contributed by atoms with Crippen molar-refractivity contribution in [3.05, 3.63) is 0 Å². The highest BCUT2D eigenvalue weighted by Gasteiger charge is 2.30. The van der Waals surface area contributed by atoms with Gasteiger partial charge in [0.1, 0.15) is 5.54 Å². The molecule has 3 N–H and O–H groups in total. The number of hydrogen-bond acceptors (Lipinski definition) is 2. The van der Waals surface area contributed by atoms with Crippen molar-refractivity contribution in [2.45, 2.75) is 51.5 Å². The maximum absolute atomic E-state index is 10.7. The van der Waals surface area contributed by atoms with E-state index in [9.17, 15) is 4.79 Å². The second-order valence-electron chi connectivity index (χ2n) is 3.27. The van der Waals surface area contributed by atoms with Gasteiger partial charge < -0.3 is 10.8 Å². The molecule has 12 heavy (non-hydrogen) atoms. The number of unbranched alkanes of at least 4 members (excludes halogenated alkanes) is 2. The smallest absolute Gasteiger partial charge is 0.323 e. The van der Waals surface area contributed by atoms with E-state index < -0.39 is 11.5 Å². The molecule has 3 heteroatoms. The van der Waals surface area contributed by atoms with Crippen molar-refractivity contribution < 1.29 is 9.90 Å². The molecule has 0 amide bonds. The molecule has 1 atom stereocenters. The molecule has 0 aliphatic rings. The Bertz CT molecular complexity index is 147. The lowest BCUT2D eigenvalue weighted by atomic mass is 9.91. The van der Waals surface area contributed by atoms with Gasteiger partial charge in [-0.2, -0.15) is 0 Å². The summed E-state index contributed by atoms with van der Waals surface area (Å²) in [5.41, 5.74) is 4.69. The van der Waals surface area contributed by atoms with Crippen molar-refractivity contribution in [1.29, 1.82) is 0 Å². The van der Waals surface area contributed by atoms with Crippen molar-refractivity contribution in [2.24, 2.45) is 5.73 Å². The Balaban J connectivity index is 3.88. The predicted octanol–water partition coefficient (Wildman–Crippen LogP) is 1.76. The van der Waals surface area contributed by atoms with Gasteiger partial charge >= 0.3 is 5.97 Å². The molecule has 0 aliphatic heterocycles. The van der Waals surface area contributed by atoms with Crippen LogP contribution in [0.4, 0.5) is 0 Å². The van der Waals surface area contributed by atoms with Gasteiger partial charge in [-0.1, -0.05) is 33.1 Å². The molecule has 0 rings (SSSR count). The van der Waals surface area contributed by atoms with Crippen LogP contribution >= 0.6 is 0 Å². The largest absolute Gasteiger partial charge is 0.480 e. The summed E-state index contributed by atoms with van der Waals surface area (Å²) in [6, 6.07) is 0. The number of rotatable bonds is 6. The topological polar surface area (TPSA) is 63.3 Å². The maximum atomic E-state index is 10.7. The van der Waals surface area contributed by atoms with Crippen LogP contribution in [0.1, 0.15) is 46.0 Å². The molecule has 0 saturated heterocycles. The van der Waals surface area contributed by atoms with E-state index in [2.05, 4.69) is 6.92 Å². The molecule has 0 heterocycles. The number of nitrogens with two attached hydrogens (primary N) is 1. The minimum absolute atomic E-state index is 0.506. The minimum atomic E-state index is -0.991. The highest BCUT2D eigenvalue weighted by atomic mass is 16.4. The van der Waals surface area contributed by atoms with Crippen LogP contribution < -0.4 is 5.73 Å². The molecule has 0 aromatic heterocycles.